The maximum Gasteiger partial charge on any atom is 0.387 e. The van der Waals surface area contributed by atoms with Crippen LogP contribution < -0.4 is 10.1 Å². The zero-order valence-corrected chi connectivity index (χ0v) is 13.4. The van der Waals surface area contributed by atoms with Gasteiger partial charge in [-0.3, -0.25) is 10.1 Å². The summed E-state index contributed by atoms with van der Waals surface area (Å²) in [6.07, 6.45) is 0. The molecule has 0 aliphatic carbocycles. The lowest BCUT2D eigenvalue weighted by molar-refractivity contribution is -0.139. The van der Waals surface area contributed by atoms with Gasteiger partial charge < -0.3 is 9.84 Å². The molecule has 0 fully saturated rings. The van der Waals surface area contributed by atoms with Gasteiger partial charge in [0.05, 0.1) is 0 Å². The summed E-state index contributed by atoms with van der Waals surface area (Å²) in [6, 6.07) is 11.4. The van der Waals surface area contributed by atoms with Gasteiger partial charge in [0, 0.05) is 6.54 Å². The summed E-state index contributed by atoms with van der Waals surface area (Å²) in [5.74, 6) is -0.820. The van der Waals surface area contributed by atoms with Crippen molar-refractivity contribution in [3.8, 4) is 5.75 Å². The summed E-state index contributed by atoms with van der Waals surface area (Å²) in [6.45, 7) is 0.781. The molecule has 0 saturated carbocycles. The van der Waals surface area contributed by atoms with Crippen LogP contribution >= 0.6 is 0 Å². The van der Waals surface area contributed by atoms with Gasteiger partial charge in [0.2, 0.25) is 0 Å². The monoisotopic (exact) mass is 335 g/mol. The molecular formula is C18H19F2NO3. The van der Waals surface area contributed by atoms with Crippen LogP contribution in [0.4, 0.5) is 8.78 Å². The molecule has 0 unspecified atom stereocenters. The minimum Gasteiger partial charge on any atom is -0.480 e. The first-order chi connectivity index (χ1) is 11.4. The molecule has 2 aromatic carbocycles. The number of hydrogen-bond donors (Lipinski definition) is 2. The fraction of sp³-hybridized carbons (Fsp3) is 0.278. The Morgan fingerprint density at radius 2 is 1.75 bits per heavy atom. The van der Waals surface area contributed by atoms with Crippen molar-refractivity contribution in [3.05, 3.63) is 64.7 Å². The van der Waals surface area contributed by atoms with Crippen LogP contribution in [0.5, 0.6) is 5.75 Å². The third-order valence-corrected chi connectivity index (χ3v) is 3.62. The Balaban J connectivity index is 2.14. The lowest BCUT2D eigenvalue weighted by Gasteiger charge is -2.17. The molecule has 0 amide bonds. The van der Waals surface area contributed by atoms with E-state index in [1.165, 1.54) is 0 Å². The van der Waals surface area contributed by atoms with Gasteiger partial charge in [-0.05, 0) is 36.1 Å². The number of aryl methyl sites for hydroxylation is 2. The highest BCUT2D eigenvalue weighted by atomic mass is 19.3. The number of rotatable bonds is 7. The number of hydrogen-bond acceptors (Lipinski definition) is 3. The predicted octanol–water partition coefficient (Wildman–Crippen LogP) is 3.82. The van der Waals surface area contributed by atoms with Gasteiger partial charge in [-0.2, -0.15) is 8.78 Å². The molecule has 24 heavy (non-hydrogen) atoms. The number of carboxylic acid groups (broad SMARTS) is 1. The molecule has 0 spiro atoms. The normalized spacial score (nSPS) is 12.2. The first-order valence-electron chi connectivity index (χ1n) is 7.44. The lowest BCUT2D eigenvalue weighted by atomic mass is 10.0. The number of carboxylic acids is 1. The highest BCUT2D eigenvalue weighted by molar-refractivity contribution is 5.75. The Morgan fingerprint density at radius 3 is 2.25 bits per heavy atom. The summed E-state index contributed by atoms with van der Waals surface area (Å²) in [5.41, 5.74) is 2.61. The van der Waals surface area contributed by atoms with Crippen LogP contribution in [0, 0.1) is 13.8 Å². The van der Waals surface area contributed by atoms with Crippen molar-refractivity contribution in [2.75, 3.05) is 0 Å². The Labute approximate surface area is 139 Å². The van der Waals surface area contributed by atoms with Crippen LogP contribution in [0.3, 0.4) is 0 Å². The Hall–Kier alpha value is -2.47. The molecule has 0 aromatic heterocycles. The number of ether oxygens (including phenoxy) is 1. The summed E-state index contributed by atoms with van der Waals surface area (Å²) < 4.78 is 29.3. The zero-order chi connectivity index (χ0) is 17.7. The molecule has 2 N–H and O–H groups in total. The SMILES string of the molecule is Cc1cc(CN[C@H](C(=O)O)c2ccccc2)cc(C)c1OC(F)F. The average molecular weight is 335 g/mol. The third kappa shape index (κ3) is 4.52. The minimum atomic E-state index is -2.87. The summed E-state index contributed by atoms with van der Waals surface area (Å²) in [5, 5.41) is 12.4. The number of halogens is 2. The molecule has 128 valence electrons. The molecule has 6 heteroatoms. The van der Waals surface area contributed by atoms with Crippen LogP contribution in [-0.4, -0.2) is 17.7 Å². The summed E-state index contributed by atoms with van der Waals surface area (Å²) in [7, 11) is 0. The predicted molar refractivity (Wildman–Crippen MR) is 86.2 cm³/mol. The molecule has 2 aromatic rings. The van der Waals surface area contributed by atoms with Crippen molar-refractivity contribution >= 4 is 5.97 Å². The molecule has 0 saturated heterocycles. The van der Waals surface area contributed by atoms with E-state index in [0.29, 0.717) is 23.2 Å². The maximum atomic E-state index is 12.4. The van der Waals surface area contributed by atoms with Gasteiger partial charge in [0.25, 0.3) is 0 Å². The van der Waals surface area contributed by atoms with Gasteiger partial charge in [-0.15, -0.1) is 0 Å². The van der Waals surface area contributed by atoms with E-state index >= 15 is 0 Å². The van der Waals surface area contributed by atoms with Crippen molar-refractivity contribution in [2.24, 2.45) is 0 Å². The zero-order valence-electron chi connectivity index (χ0n) is 13.4. The van der Waals surface area contributed by atoms with Crippen molar-refractivity contribution in [1.82, 2.24) is 5.32 Å². The second-order valence-electron chi connectivity index (χ2n) is 5.50. The van der Waals surface area contributed by atoms with E-state index in [1.54, 1.807) is 50.2 Å². The molecule has 1 atom stereocenters. The van der Waals surface area contributed by atoms with Crippen LogP contribution in [0.2, 0.25) is 0 Å². The van der Waals surface area contributed by atoms with Gasteiger partial charge in [-0.1, -0.05) is 42.5 Å². The van der Waals surface area contributed by atoms with E-state index < -0.39 is 18.6 Å². The van der Waals surface area contributed by atoms with Gasteiger partial charge >= 0.3 is 12.6 Å². The number of benzene rings is 2. The Kier molecular flexibility index (Phi) is 5.87. The molecule has 0 heterocycles. The molecule has 0 aliphatic rings. The molecule has 4 nitrogen and oxygen atoms in total. The molecule has 2 rings (SSSR count). The summed E-state index contributed by atoms with van der Waals surface area (Å²) >= 11 is 0. The van der Waals surface area contributed by atoms with E-state index in [1.807, 2.05) is 6.07 Å². The highest BCUT2D eigenvalue weighted by Gasteiger charge is 2.19. The third-order valence-electron chi connectivity index (χ3n) is 3.62. The van der Waals surface area contributed by atoms with Crippen molar-refractivity contribution in [2.45, 2.75) is 33.0 Å². The van der Waals surface area contributed by atoms with Gasteiger partial charge in [-0.25, -0.2) is 0 Å². The van der Waals surface area contributed by atoms with E-state index in [2.05, 4.69) is 10.1 Å². The van der Waals surface area contributed by atoms with Gasteiger partial charge in [0.1, 0.15) is 11.8 Å². The topological polar surface area (TPSA) is 58.6 Å². The fourth-order valence-electron chi connectivity index (χ4n) is 2.63. The number of aliphatic carboxylic acids is 1. The van der Waals surface area contributed by atoms with Crippen LogP contribution in [0.15, 0.2) is 42.5 Å². The maximum absolute atomic E-state index is 12.4. The van der Waals surface area contributed by atoms with E-state index in [9.17, 15) is 18.7 Å². The second-order valence-corrected chi connectivity index (χ2v) is 5.50. The quantitative estimate of drug-likeness (QED) is 0.807. The Bertz CT molecular complexity index is 682. The average Bonchev–Trinajstić information content (AvgIpc) is 2.51. The van der Waals surface area contributed by atoms with E-state index in [0.717, 1.165) is 5.56 Å². The van der Waals surface area contributed by atoms with Crippen molar-refractivity contribution in [1.29, 1.82) is 0 Å². The fourth-order valence-corrected chi connectivity index (χ4v) is 2.63. The van der Waals surface area contributed by atoms with E-state index in [4.69, 9.17) is 0 Å². The standard InChI is InChI=1S/C18H19F2NO3/c1-11-8-13(9-12(2)16(11)24-18(19)20)10-21-15(17(22)23)14-6-4-3-5-7-14/h3-9,15,18,21H,10H2,1-2H3,(H,22,23)/t15-/m0/s1. The Morgan fingerprint density at radius 1 is 1.17 bits per heavy atom. The number of alkyl halides is 2. The summed E-state index contributed by atoms with van der Waals surface area (Å²) in [4.78, 5) is 11.5. The largest absolute Gasteiger partial charge is 0.480 e. The number of carbonyl (C=O) groups is 1. The smallest absolute Gasteiger partial charge is 0.387 e. The lowest BCUT2D eigenvalue weighted by Crippen LogP contribution is -2.28. The van der Waals surface area contributed by atoms with Crippen LogP contribution in [-0.2, 0) is 11.3 Å². The molecule has 0 bridgehead atoms. The molecular weight excluding hydrogens is 316 g/mol. The van der Waals surface area contributed by atoms with Gasteiger partial charge in [0.15, 0.2) is 0 Å². The van der Waals surface area contributed by atoms with Crippen LogP contribution in [0.1, 0.15) is 28.3 Å². The second kappa shape index (κ2) is 7.88. The first-order valence-corrected chi connectivity index (χ1v) is 7.44. The number of nitrogens with one attached hydrogen (secondary N) is 1. The molecule has 0 radical (unpaired) electrons. The van der Waals surface area contributed by atoms with Crippen LogP contribution in [0.25, 0.3) is 0 Å². The van der Waals surface area contributed by atoms with E-state index in [-0.39, 0.29) is 5.75 Å². The molecule has 0 aliphatic heterocycles. The van der Waals surface area contributed by atoms with Crippen molar-refractivity contribution in [3.63, 3.8) is 0 Å². The van der Waals surface area contributed by atoms with Crippen molar-refractivity contribution < 1.29 is 23.4 Å². The first kappa shape index (κ1) is 17.9. The highest BCUT2D eigenvalue weighted by Crippen LogP contribution is 2.26. The minimum absolute atomic E-state index is 0.159.